The largest absolute Gasteiger partial charge is 0.393 e. The number of aliphatic hydroxyl groups excluding tert-OH is 1. The third kappa shape index (κ3) is 4.80. The van der Waals surface area contributed by atoms with Gasteiger partial charge in [0.15, 0.2) is 0 Å². The van der Waals surface area contributed by atoms with Crippen molar-refractivity contribution >= 4 is 17.3 Å². The molecule has 2 aromatic rings. The van der Waals surface area contributed by atoms with Crippen LogP contribution in [-0.4, -0.2) is 32.8 Å². The van der Waals surface area contributed by atoms with E-state index in [1.54, 1.807) is 24.5 Å². The van der Waals surface area contributed by atoms with E-state index in [1.165, 1.54) is 0 Å². The third-order valence-electron chi connectivity index (χ3n) is 4.16. The van der Waals surface area contributed by atoms with Crippen LogP contribution in [0.3, 0.4) is 0 Å². The van der Waals surface area contributed by atoms with Crippen LogP contribution in [0.4, 0.5) is 5.95 Å². The van der Waals surface area contributed by atoms with E-state index in [0.29, 0.717) is 12.4 Å². The van der Waals surface area contributed by atoms with E-state index in [-0.39, 0.29) is 17.7 Å². The number of aromatic nitrogens is 2. The van der Waals surface area contributed by atoms with Crippen LogP contribution in [0, 0.1) is 0 Å². The molecule has 0 spiro atoms. The summed E-state index contributed by atoms with van der Waals surface area (Å²) in [5, 5.41) is 16.4. The first-order chi connectivity index (χ1) is 11.8. The van der Waals surface area contributed by atoms with Crippen molar-refractivity contribution in [2.45, 2.75) is 57.7 Å². The van der Waals surface area contributed by atoms with Gasteiger partial charge >= 0.3 is 0 Å². The zero-order valence-electron chi connectivity index (χ0n) is 15.0. The molecule has 3 N–H and O–H groups in total. The summed E-state index contributed by atoms with van der Waals surface area (Å²) in [6.07, 6.45) is 3.99. The van der Waals surface area contributed by atoms with E-state index < -0.39 is 0 Å². The maximum absolute atomic E-state index is 9.53. The summed E-state index contributed by atoms with van der Waals surface area (Å²) in [4.78, 5) is 11.3. The second-order valence-corrected chi connectivity index (χ2v) is 8.61. The lowest BCUT2D eigenvalue weighted by molar-refractivity contribution is 0.196. The van der Waals surface area contributed by atoms with E-state index >= 15 is 0 Å². The summed E-state index contributed by atoms with van der Waals surface area (Å²) < 4.78 is 0. The lowest BCUT2D eigenvalue weighted by Gasteiger charge is -2.38. The number of piperidine rings is 1. The predicted octanol–water partition coefficient (Wildman–Crippen LogP) is 3.58. The molecule has 5 nitrogen and oxygen atoms in total. The van der Waals surface area contributed by atoms with Gasteiger partial charge in [0.25, 0.3) is 0 Å². The number of hydrogen-bond acceptors (Lipinski definition) is 6. The summed E-state index contributed by atoms with van der Waals surface area (Å²) in [5.74, 6) is 0.651. The third-order valence-corrected chi connectivity index (χ3v) is 5.29. The van der Waals surface area contributed by atoms with Crippen molar-refractivity contribution in [3.8, 4) is 10.6 Å². The van der Waals surface area contributed by atoms with Crippen LogP contribution in [0.5, 0.6) is 0 Å². The minimum atomic E-state index is -0.328. The van der Waals surface area contributed by atoms with Crippen molar-refractivity contribution in [3.05, 3.63) is 41.5 Å². The molecule has 134 valence electrons. The van der Waals surface area contributed by atoms with Crippen molar-refractivity contribution in [1.82, 2.24) is 15.3 Å². The Morgan fingerprint density at radius 2 is 2.24 bits per heavy atom. The van der Waals surface area contributed by atoms with Crippen LogP contribution in [-0.2, 0) is 6.42 Å². The van der Waals surface area contributed by atoms with Crippen molar-refractivity contribution in [2.75, 3.05) is 5.32 Å². The molecule has 2 atom stereocenters. The Bertz CT molecular complexity index is 753. The van der Waals surface area contributed by atoms with E-state index in [0.717, 1.165) is 34.0 Å². The van der Waals surface area contributed by atoms with Gasteiger partial charge in [0.05, 0.1) is 16.7 Å². The van der Waals surface area contributed by atoms with Gasteiger partial charge in [0.1, 0.15) is 0 Å². The lowest BCUT2D eigenvalue weighted by Crippen LogP contribution is -2.48. The second-order valence-electron chi connectivity index (χ2n) is 7.45. The SMILES string of the molecule is C=C1CC(Nc2nccc(-c3ccc(CC(C)O)s3)n2)CC(C)(C)N1. The second kappa shape index (κ2) is 7.14. The average Bonchev–Trinajstić information content (AvgIpc) is 2.93. The lowest BCUT2D eigenvalue weighted by atomic mass is 9.88. The Labute approximate surface area is 153 Å². The number of hydrogen-bond donors (Lipinski definition) is 3. The molecular formula is C19H26N4OS. The zero-order chi connectivity index (χ0) is 18.0. The van der Waals surface area contributed by atoms with Crippen LogP contribution < -0.4 is 10.6 Å². The first-order valence-electron chi connectivity index (χ1n) is 8.63. The highest BCUT2D eigenvalue weighted by Gasteiger charge is 2.29. The molecule has 2 unspecified atom stereocenters. The first kappa shape index (κ1) is 17.9. The molecule has 2 aromatic heterocycles. The van der Waals surface area contributed by atoms with Gasteiger partial charge in [-0.3, -0.25) is 0 Å². The van der Waals surface area contributed by atoms with Crippen LogP contribution in [0.1, 0.15) is 38.5 Å². The fraction of sp³-hybridized carbons (Fsp3) is 0.474. The van der Waals surface area contributed by atoms with Gasteiger partial charge < -0.3 is 15.7 Å². The number of rotatable bonds is 5. The molecule has 0 aliphatic carbocycles. The molecule has 0 aromatic carbocycles. The van der Waals surface area contributed by atoms with Crippen LogP contribution >= 0.6 is 11.3 Å². The Hall–Kier alpha value is -1.92. The maximum atomic E-state index is 9.53. The number of nitrogens with zero attached hydrogens (tertiary/aromatic N) is 2. The van der Waals surface area contributed by atoms with Gasteiger partial charge in [-0.2, -0.15) is 0 Å². The summed E-state index contributed by atoms with van der Waals surface area (Å²) in [5.41, 5.74) is 1.98. The molecule has 6 heteroatoms. The van der Waals surface area contributed by atoms with Crippen molar-refractivity contribution < 1.29 is 5.11 Å². The minimum absolute atomic E-state index is 0.0221. The molecule has 0 bridgehead atoms. The molecular weight excluding hydrogens is 332 g/mol. The van der Waals surface area contributed by atoms with Gasteiger partial charge in [0.2, 0.25) is 5.95 Å². The smallest absolute Gasteiger partial charge is 0.223 e. The molecule has 25 heavy (non-hydrogen) atoms. The van der Waals surface area contributed by atoms with Gasteiger partial charge in [-0.25, -0.2) is 9.97 Å². The Morgan fingerprint density at radius 1 is 1.44 bits per heavy atom. The van der Waals surface area contributed by atoms with Crippen molar-refractivity contribution in [1.29, 1.82) is 0 Å². The van der Waals surface area contributed by atoms with Crippen LogP contribution in [0.15, 0.2) is 36.7 Å². The zero-order valence-corrected chi connectivity index (χ0v) is 15.9. The average molecular weight is 359 g/mol. The topological polar surface area (TPSA) is 70.1 Å². The molecule has 1 aliphatic rings. The van der Waals surface area contributed by atoms with Crippen LogP contribution in [0.2, 0.25) is 0 Å². The highest BCUT2D eigenvalue weighted by atomic mass is 32.1. The summed E-state index contributed by atoms with van der Waals surface area (Å²) in [6.45, 7) is 10.2. The molecule has 1 fully saturated rings. The molecule has 0 radical (unpaired) electrons. The van der Waals surface area contributed by atoms with Gasteiger partial charge in [-0.05, 0) is 45.4 Å². The summed E-state index contributed by atoms with van der Waals surface area (Å²) in [7, 11) is 0. The Balaban J connectivity index is 1.73. The first-order valence-corrected chi connectivity index (χ1v) is 9.45. The summed E-state index contributed by atoms with van der Waals surface area (Å²) >= 11 is 1.67. The number of thiophene rings is 1. The number of nitrogens with one attached hydrogen (secondary N) is 2. The molecule has 0 amide bonds. The van der Waals surface area contributed by atoms with Crippen molar-refractivity contribution in [2.24, 2.45) is 0 Å². The normalized spacial score (nSPS) is 20.8. The van der Waals surface area contributed by atoms with Crippen molar-refractivity contribution in [3.63, 3.8) is 0 Å². The van der Waals surface area contributed by atoms with E-state index in [4.69, 9.17) is 0 Å². The van der Waals surface area contributed by atoms with E-state index in [2.05, 4.69) is 53.2 Å². The molecule has 1 saturated heterocycles. The fourth-order valence-corrected chi connectivity index (χ4v) is 4.43. The van der Waals surface area contributed by atoms with Crippen LogP contribution in [0.25, 0.3) is 10.6 Å². The van der Waals surface area contributed by atoms with Gasteiger partial charge in [-0.15, -0.1) is 11.3 Å². The Morgan fingerprint density at radius 3 is 2.96 bits per heavy atom. The number of aliphatic hydroxyl groups is 1. The molecule has 0 saturated carbocycles. The van der Waals surface area contributed by atoms with E-state index in [1.807, 2.05) is 6.07 Å². The summed E-state index contributed by atoms with van der Waals surface area (Å²) in [6, 6.07) is 6.31. The monoisotopic (exact) mass is 358 g/mol. The molecule has 3 rings (SSSR count). The highest BCUT2D eigenvalue weighted by molar-refractivity contribution is 7.15. The highest BCUT2D eigenvalue weighted by Crippen LogP contribution is 2.29. The minimum Gasteiger partial charge on any atom is -0.393 e. The maximum Gasteiger partial charge on any atom is 0.223 e. The fourth-order valence-electron chi connectivity index (χ4n) is 3.33. The standard InChI is InChI=1S/C19H26N4OS/c1-12-9-14(11-19(3,4)23-12)21-18-20-8-7-16(22-18)17-6-5-15(25-17)10-13(2)24/h5-8,13-14,23-24H,1,9-11H2,2-4H3,(H,20,21,22). The molecule has 3 heterocycles. The molecule has 1 aliphatic heterocycles. The predicted molar refractivity (Wildman–Crippen MR) is 104 cm³/mol. The van der Waals surface area contributed by atoms with Gasteiger partial charge in [0, 0.05) is 41.2 Å². The Kier molecular flexibility index (Phi) is 5.11. The van der Waals surface area contributed by atoms with E-state index in [9.17, 15) is 5.11 Å². The number of anilines is 1. The quantitative estimate of drug-likeness (QED) is 0.762. The van der Waals surface area contributed by atoms with Gasteiger partial charge in [-0.1, -0.05) is 6.58 Å².